The second kappa shape index (κ2) is 10.9. The van der Waals surface area contributed by atoms with E-state index < -0.39 is 0 Å². The number of rotatable bonds is 9. The zero-order chi connectivity index (χ0) is 23.2. The van der Waals surface area contributed by atoms with Crippen molar-refractivity contribution in [2.24, 2.45) is 0 Å². The highest BCUT2D eigenvalue weighted by molar-refractivity contribution is 5.99. The van der Waals surface area contributed by atoms with Crippen molar-refractivity contribution in [2.75, 3.05) is 44.2 Å². The first-order chi connectivity index (χ1) is 16.1. The van der Waals surface area contributed by atoms with Gasteiger partial charge in [-0.1, -0.05) is 19.1 Å². The van der Waals surface area contributed by atoms with Gasteiger partial charge in [-0.3, -0.25) is 18.8 Å². The van der Waals surface area contributed by atoms with Crippen LogP contribution < -0.4 is 15.9 Å². The topological polar surface area (TPSA) is 82.7 Å². The molecule has 2 N–H and O–H groups in total. The van der Waals surface area contributed by atoms with E-state index in [0.29, 0.717) is 13.1 Å². The lowest BCUT2D eigenvalue weighted by Gasteiger charge is -2.36. The lowest BCUT2D eigenvalue weighted by molar-refractivity contribution is 0.0954. The van der Waals surface area contributed by atoms with Gasteiger partial charge in [0.25, 0.3) is 5.91 Å². The average Bonchev–Trinajstić information content (AvgIpc) is 3.10. The van der Waals surface area contributed by atoms with E-state index in [1.165, 1.54) is 0 Å². The Labute approximate surface area is 195 Å². The SMILES string of the molecule is CCCNC(=O)c1ccccc1N1CCN(CCCCn2c(O)c3n(c2=O)CCCC3)CC1. The number of imidazole rings is 1. The van der Waals surface area contributed by atoms with E-state index in [0.717, 1.165) is 94.7 Å². The van der Waals surface area contributed by atoms with Crippen molar-refractivity contribution in [2.45, 2.75) is 58.5 Å². The second-order valence-electron chi connectivity index (χ2n) is 9.12. The number of unbranched alkanes of at least 4 members (excludes halogenated alkanes) is 1. The van der Waals surface area contributed by atoms with Crippen molar-refractivity contribution in [1.29, 1.82) is 0 Å². The normalized spacial score (nSPS) is 16.6. The van der Waals surface area contributed by atoms with Gasteiger partial charge in [0.2, 0.25) is 5.88 Å². The summed E-state index contributed by atoms with van der Waals surface area (Å²) in [5.41, 5.74) is 2.52. The fourth-order valence-corrected chi connectivity index (χ4v) is 4.96. The molecule has 0 aliphatic carbocycles. The monoisotopic (exact) mass is 455 g/mol. The molecule has 0 radical (unpaired) electrons. The van der Waals surface area contributed by atoms with E-state index in [1.807, 2.05) is 24.3 Å². The number of fused-ring (bicyclic) bond motifs is 1. The summed E-state index contributed by atoms with van der Waals surface area (Å²) in [7, 11) is 0. The van der Waals surface area contributed by atoms with Crippen molar-refractivity contribution in [3.63, 3.8) is 0 Å². The molecule has 8 heteroatoms. The quantitative estimate of drug-likeness (QED) is 0.568. The van der Waals surface area contributed by atoms with Crippen LogP contribution in [0.3, 0.4) is 0 Å². The Hall–Kier alpha value is -2.74. The Morgan fingerprint density at radius 2 is 1.79 bits per heavy atom. The molecule has 0 bridgehead atoms. The van der Waals surface area contributed by atoms with Gasteiger partial charge in [0, 0.05) is 51.5 Å². The second-order valence-corrected chi connectivity index (χ2v) is 9.12. The number of nitrogens with zero attached hydrogens (tertiary/aromatic N) is 4. The van der Waals surface area contributed by atoms with E-state index in [-0.39, 0.29) is 17.5 Å². The number of aromatic hydroxyl groups is 1. The van der Waals surface area contributed by atoms with Crippen LogP contribution >= 0.6 is 0 Å². The van der Waals surface area contributed by atoms with Crippen LogP contribution in [0, 0.1) is 0 Å². The molecule has 4 rings (SSSR count). The van der Waals surface area contributed by atoms with Crippen LogP contribution in [0.25, 0.3) is 0 Å². The van der Waals surface area contributed by atoms with Gasteiger partial charge >= 0.3 is 5.69 Å². The minimum absolute atomic E-state index is 0.000676. The smallest absolute Gasteiger partial charge is 0.331 e. The number of nitrogens with one attached hydrogen (secondary N) is 1. The number of benzene rings is 1. The summed E-state index contributed by atoms with van der Waals surface area (Å²) in [6, 6.07) is 7.86. The molecule has 1 fully saturated rings. The van der Waals surface area contributed by atoms with E-state index in [9.17, 15) is 14.7 Å². The molecular formula is C25H37N5O3. The van der Waals surface area contributed by atoms with Crippen LogP contribution in [-0.4, -0.2) is 64.3 Å². The number of hydrogen-bond acceptors (Lipinski definition) is 5. The summed E-state index contributed by atoms with van der Waals surface area (Å²) >= 11 is 0. The van der Waals surface area contributed by atoms with Gasteiger partial charge in [-0.25, -0.2) is 4.79 Å². The summed E-state index contributed by atoms with van der Waals surface area (Å²) in [5.74, 6) is 0.177. The van der Waals surface area contributed by atoms with Gasteiger partial charge in [-0.15, -0.1) is 0 Å². The predicted octanol–water partition coefficient (Wildman–Crippen LogP) is 2.43. The van der Waals surface area contributed by atoms with Gasteiger partial charge in [0.1, 0.15) is 0 Å². The molecule has 0 unspecified atom stereocenters. The van der Waals surface area contributed by atoms with E-state index in [2.05, 4.69) is 22.0 Å². The standard InChI is InChI=1S/C25H37N5O3/c1-2-12-26-23(31)20-9-3-4-10-21(20)28-18-16-27(17-19-28)13-7-8-15-30-24(32)22-11-5-6-14-29(22)25(30)33/h3-4,9-10,32H,2,5-8,11-19H2,1H3,(H,26,31). The van der Waals surface area contributed by atoms with Crippen LogP contribution in [0.4, 0.5) is 5.69 Å². The summed E-state index contributed by atoms with van der Waals surface area (Å²) in [6.45, 7) is 8.72. The van der Waals surface area contributed by atoms with E-state index in [4.69, 9.17) is 0 Å². The number of hydrogen-bond donors (Lipinski definition) is 2. The van der Waals surface area contributed by atoms with Gasteiger partial charge < -0.3 is 15.3 Å². The van der Waals surface area contributed by atoms with Crippen LogP contribution in [0.15, 0.2) is 29.1 Å². The van der Waals surface area contributed by atoms with E-state index >= 15 is 0 Å². The van der Waals surface area contributed by atoms with Crippen LogP contribution in [0.5, 0.6) is 5.88 Å². The fourth-order valence-electron chi connectivity index (χ4n) is 4.96. The number of amides is 1. The zero-order valence-corrected chi connectivity index (χ0v) is 19.8. The molecule has 2 aromatic rings. The van der Waals surface area contributed by atoms with Crippen molar-refractivity contribution in [3.05, 3.63) is 46.0 Å². The number of carbonyl (C=O) groups excluding carboxylic acids is 1. The molecule has 180 valence electrons. The largest absolute Gasteiger partial charge is 0.493 e. The first kappa shape index (κ1) is 23.4. The maximum atomic E-state index is 12.6. The Balaban J connectivity index is 1.25. The van der Waals surface area contributed by atoms with Crippen molar-refractivity contribution in [1.82, 2.24) is 19.4 Å². The highest BCUT2D eigenvalue weighted by Crippen LogP contribution is 2.24. The molecule has 3 heterocycles. The Kier molecular flexibility index (Phi) is 7.75. The molecule has 0 spiro atoms. The number of aromatic nitrogens is 2. The zero-order valence-electron chi connectivity index (χ0n) is 19.8. The maximum Gasteiger partial charge on any atom is 0.331 e. The Bertz CT molecular complexity index is 1000. The van der Waals surface area contributed by atoms with Gasteiger partial charge in [0.15, 0.2) is 0 Å². The highest BCUT2D eigenvalue weighted by atomic mass is 16.3. The molecule has 8 nitrogen and oxygen atoms in total. The van der Waals surface area contributed by atoms with Crippen molar-refractivity contribution in [3.8, 4) is 5.88 Å². The first-order valence-corrected chi connectivity index (χ1v) is 12.5. The summed E-state index contributed by atoms with van der Waals surface area (Å²) in [6.07, 6.45) is 5.63. The number of anilines is 1. The van der Waals surface area contributed by atoms with Crippen LogP contribution in [0.1, 0.15) is 55.1 Å². The summed E-state index contributed by atoms with van der Waals surface area (Å²) in [5, 5.41) is 13.4. The van der Waals surface area contributed by atoms with Gasteiger partial charge in [-0.05, 0) is 57.2 Å². The first-order valence-electron chi connectivity index (χ1n) is 12.5. The lowest BCUT2D eigenvalue weighted by Crippen LogP contribution is -2.47. The van der Waals surface area contributed by atoms with Crippen LogP contribution in [-0.2, 0) is 19.5 Å². The molecule has 1 amide bonds. The van der Waals surface area contributed by atoms with Crippen LogP contribution in [0.2, 0.25) is 0 Å². The van der Waals surface area contributed by atoms with Crippen molar-refractivity contribution >= 4 is 11.6 Å². The summed E-state index contributed by atoms with van der Waals surface area (Å²) in [4.78, 5) is 29.9. The molecular weight excluding hydrogens is 418 g/mol. The molecule has 0 saturated carbocycles. The van der Waals surface area contributed by atoms with Gasteiger partial charge in [0.05, 0.1) is 11.3 Å². The average molecular weight is 456 g/mol. The molecule has 2 aliphatic heterocycles. The van der Waals surface area contributed by atoms with Gasteiger partial charge in [-0.2, -0.15) is 0 Å². The molecule has 0 atom stereocenters. The molecule has 33 heavy (non-hydrogen) atoms. The number of carbonyl (C=O) groups is 1. The third-order valence-electron chi connectivity index (χ3n) is 6.85. The molecule has 1 aromatic carbocycles. The third-order valence-corrected chi connectivity index (χ3v) is 6.85. The highest BCUT2D eigenvalue weighted by Gasteiger charge is 2.23. The minimum Gasteiger partial charge on any atom is -0.493 e. The van der Waals surface area contributed by atoms with E-state index in [1.54, 1.807) is 9.13 Å². The third kappa shape index (κ3) is 5.27. The maximum absolute atomic E-state index is 12.6. The summed E-state index contributed by atoms with van der Waals surface area (Å²) < 4.78 is 3.30. The molecule has 1 saturated heterocycles. The Morgan fingerprint density at radius 3 is 2.55 bits per heavy atom. The number of piperazine rings is 1. The minimum atomic E-state index is -0.0579. The lowest BCUT2D eigenvalue weighted by atomic mass is 10.1. The van der Waals surface area contributed by atoms with Crippen molar-refractivity contribution < 1.29 is 9.90 Å². The predicted molar refractivity (Wildman–Crippen MR) is 130 cm³/mol. The molecule has 1 aromatic heterocycles. The Morgan fingerprint density at radius 1 is 1.03 bits per heavy atom. The molecule has 2 aliphatic rings. The number of para-hydroxylation sites is 1. The fraction of sp³-hybridized carbons (Fsp3) is 0.600.